The number of aryl methyl sites for hydroxylation is 1. The third kappa shape index (κ3) is 5.02. The van der Waals surface area contributed by atoms with E-state index in [4.69, 9.17) is 4.42 Å². The number of aromatic nitrogens is 2. The van der Waals surface area contributed by atoms with Crippen molar-refractivity contribution in [2.45, 2.75) is 20.4 Å². The number of amides is 1. The molecule has 0 saturated carbocycles. The SMILES string of the molecule is Cc1cccc(NC(=O)CN(C)Cc2nnc(-c3ccc([N+](=O)[O-])cc3)o2)c1C. The van der Waals surface area contributed by atoms with Gasteiger partial charge in [0.25, 0.3) is 5.69 Å². The zero-order valence-corrected chi connectivity index (χ0v) is 16.4. The van der Waals surface area contributed by atoms with E-state index in [2.05, 4.69) is 15.5 Å². The molecule has 3 aromatic rings. The Morgan fingerprint density at radius 2 is 1.90 bits per heavy atom. The highest BCUT2D eigenvalue weighted by Gasteiger charge is 2.14. The fourth-order valence-electron chi connectivity index (χ4n) is 2.77. The lowest BCUT2D eigenvalue weighted by molar-refractivity contribution is -0.384. The van der Waals surface area contributed by atoms with Crippen molar-refractivity contribution in [3.8, 4) is 11.5 Å². The molecule has 0 aliphatic carbocycles. The summed E-state index contributed by atoms with van der Waals surface area (Å²) in [6.45, 7) is 4.41. The molecule has 29 heavy (non-hydrogen) atoms. The molecule has 0 saturated heterocycles. The van der Waals surface area contributed by atoms with E-state index in [9.17, 15) is 14.9 Å². The molecule has 0 fully saturated rings. The second-order valence-electron chi connectivity index (χ2n) is 6.77. The predicted octanol–water partition coefficient (Wildman–Crippen LogP) is 3.33. The van der Waals surface area contributed by atoms with Crippen LogP contribution in [0.25, 0.3) is 11.5 Å². The Labute approximate surface area is 167 Å². The van der Waals surface area contributed by atoms with Gasteiger partial charge in [0.05, 0.1) is 18.0 Å². The molecule has 1 aromatic heterocycles. The van der Waals surface area contributed by atoms with Crippen LogP contribution in [0.1, 0.15) is 17.0 Å². The summed E-state index contributed by atoms with van der Waals surface area (Å²) in [5.74, 6) is 0.472. The van der Waals surface area contributed by atoms with Crippen molar-refractivity contribution in [3.05, 3.63) is 69.6 Å². The average molecular weight is 395 g/mol. The second kappa shape index (κ2) is 8.61. The van der Waals surface area contributed by atoms with Crippen LogP contribution < -0.4 is 5.32 Å². The Hall–Kier alpha value is -3.59. The van der Waals surface area contributed by atoms with E-state index in [-0.39, 0.29) is 24.0 Å². The van der Waals surface area contributed by atoms with Crippen LogP contribution in [-0.2, 0) is 11.3 Å². The number of benzene rings is 2. The lowest BCUT2D eigenvalue weighted by Crippen LogP contribution is -2.30. The van der Waals surface area contributed by atoms with Crippen molar-refractivity contribution < 1.29 is 14.1 Å². The average Bonchev–Trinajstić information content (AvgIpc) is 3.13. The third-order valence-electron chi connectivity index (χ3n) is 4.49. The summed E-state index contributed by atoms with van der Waals surface area (Å²) in [7, 11) is 1.78. The lowest BCUT2D eigenvalue weighted by atomic mass is 10.1. The van der Waals surface area contributed by atoms with E-state index >= 15 is 0 Å². The summed E-state index contributed by atoms with van der Waals surface area (Å²) >= 11 is 0. The number of non-ortho nitro benzene ring substituents is 1. The van der Waals surface area contributed by atoms with E-state index in [1.165, 1.54) is 12.1 Å². The molecule has 0 atom stereocenters. The molecule has 1 amide bonds. The molecule has 3 rings (SSSR count). The van der Waals surface area contributed by atoms with Gasteiger partial charge in [-0.05, 0) is 50.2 Å². The van der Waals surface area contributed by atoms with Crippen LogP contribution in [-0.4, -0.2) is 39.5 Å². The van der Waals surface area contributed by atoms with Gasteiger partial charge in [-0.15, -0.1) is 10.2 Å². The van der Waals surface area contributed by atoms with Crippen molar-refractivity contribution >= 4 is 17.3 Å². The quantitative estimate of drug-likeness (QED) is 0.482. The van der Waals surface area contributed by atoms with Crippen molar-refractivity contribution in [1.29, 1.82) is 0 Å². The van der Waals surface area contributed by atoms with Crippen LogP contribution >= 0.6 is 0 Å². The van der Waals surface area contributed by atoms with E-state index in [0.717, 1.165) is 16.8 Å². The maximum atomic E-state index is 12.3. The van der Waals surface area contributed by atoms with Gasteiger partial charge < -0.3 is 9.73 Å². The fourth-order valence-corrected chi connectivity index (χ4v) is 2.77. The molecular weight excluding hydrogens is 374 g/mol. The molecular formula is C20H21N5O4. The maximum Gasteiger partial charge on any atom is 0.269 e. The van der Waals surface area contributed by atoms with Gasteiger partial charge >= 0.3 is 0 Å². The first-order valence-electron chi connectivity index (χ1n) is 8.95. The highest BCUT2D eigenvalue weighted by molar-refractivity contribution is 5.93. The molecule has 150 valence electrons. The lowest BCUT2D eigenvalue weighted by Gasteiger charge is -2.15. The van der Waals surface area contributed by atoms with Crippen LogP contribution in [0.4, 0.5) is 11.4 Å². The largest absolute Gasteiger partial charge is 0.419 e. The molecule has 0 unspecified atom stereocenters. The number of nitrogens with zero attached hydrogens (tertiary/aromatic N) is 4. The summed E-state index contributed by atoms with van der Waals surface area (Å²) in [4.78, 5) is 24.3. The Morgan fingerprint density at radius 3 is 2.59 bits per heavy atom. The van der Waals surface area contributed by atoms with Gasteiger partial charge in [-0.2, -0.15) is 0 Å². The highest BCUT2D eigenvalue weighted by atomic mass is 16.6. The molecule has 0 bridgehead atoms. The summed E-state index contributed by atoms with van der Waals surface area (Å²) in [6, 6.07) is 11.6. The summed E-state index contributed by atoms with van der Waals surface area (Å²) in [6.07, 6.45) is 0. The summed E-state index contributed by atoms with van der Waals surface area (Å²) < 4.78 is 5.61. The topological polar surface area (TPSA) is 114 Å². The second-order valence-corrected chi connectivity index (χ2v) is 6.77. The van der Waals surface area contributed by atoms with E-state index in [1.807, 2.05) is 32.0 Å². The third-order valence-corrected chi connectivity index (χ3v) is 4.49. The number of likely N-dealkylation sites (N-methyl/N-ethyl adjacent to an activating group) is 1. The minimum Gasteiger partial charge on any atom is -0.419 e. The predicted molar refractivity (Wildman–Crippen MR) is 107 cm³/mol. The monoisotopic (exact) mass is 395 g/mol. The van der Waals surface area contributed by atoms with Crippen LogP contribution in [0.3, 0.4) is 0 Å². The van der Waals surface area contributed by atoms with Crippen LogP contribution in [0, 0.1) is 24.0 Å². The molecule has 1 heterocycles. The van der Waals surface area contributed by atoms with E-state index in [0.29, 0.717) is 18.0 Å². The molecule has 9 heteroatoms. The van der Waals surface area contributed by atoms with Gasteiger partial charge in [0.15, 0.2) is 0 Å². The minimum absolute atomic E-state index is 0.0110. The van der Waals surface area contributed by atoms with Crippen molar-refractivity contribution in [2.75, 3.05) is 18.9 Å². The maximum absolute atomic E-state index is 12.3. The molecule has 1 N–H and O–H groups in total. The number of carbonyl (C=O) groups is 1. The molecule has 2 aromatic carbocycles. The van der Waals surface area contributed by atoms with Gasteiger partial charge in [-0.3, -0.25) is 19.8 Å². The first kappa shape index (κ1) is 20.2. The van der Waals surface area contributed by atoms with Crippen LogP contribution in [0.2, 0.25) is 0 Å². The summed E-state index contributed by atoms with van der Waals surface area (Å²) in [5, 5.41) is 21.6. The Morgan fingerprint density at radius 1 is 1.17 bits per heavy atom. The Bertz CT molecular complexity index is 1030. The van der Waals surface area contributed by atoms with Gasteiger partial charge in [-0.25, -0.2) is 0 Å². The number of carbonyl (C=O) groups excluding carboxylic acids is 1. The highest BCUT2D eigenvalue weighted by Crippen LogP contribution is 2.22. The normalized spacial score (nSPS) is 10.9. The molecule has 0 spiro atoms. The molecule has 0 radical (unpaired) electrons. The standard InChI is InChI=1S/C20H21N5O4/c1-13-5-4-6-17(14(13)2)21-18(26)11-24(3)12-19-22-23-20(29-19)15-7-9-16(10-8-15)25(27)28/h4-10H,11-12H2,1-3H3,(H,21,26). The smallest absolute Gasteiger partial charge is 0.269 e. The van der Waals surface area contributed by atoms with E-state index < -0.39 is 4.92 Å². The number of anilines is 1. The molecule has 0 aliphatic heterocycles. The fraction of sp³-hybridized carbons (Fsp3) is 0.250. The number of hydrogen-bond acceptors (Lipinski definition) is 7. The van der Waals surface area contributed by atoms with Crippen LogP contribution in [0.15, 0.2) is 46.9 Å². The Balaban J connectivity index is 1.58. The zero-order valence-electron chi connectivity index (χ0n) is 16.4. The molecule has 0 aliphatic rings. The first-order chi connectivity index (χ1) is 13.8. The minimum atomic E-state index is -0.471. The van der Waals surface area contributed by atoms with Crippen LogP contribution in [0.5, 0.6) is 0 Å². The Kier molecular flexibility index (Phi) is 5.99. The van der Waals surface area contributed by atoms with Gasteiger partial charge in [0.1, 0.15) is 0 Å². The van der Waals surface area contributed by atoms with Gasteiger partial charge in [-0.1, -0.05) is 12.1 Å². The number of rotatable bonds is 7. The van der Waals surface area contributed by atoms with Crippen molar-refractivity contribution in [3.63, 3.8) is 0 Å². The van der Waals surface area contributed by atoms with Gasteiger partial charge in [0.2, 0.25) is 17.7 Å². The van der Waals surface area contributed by atoms with E-state index in [1.54, 1.807) is 24.1 Å². The van der Waals surface area contributed by atoms with Gasteiger partial charge in [0, 0.05) is 23.4 Å². The first-order valence-corrected chi connectivity index (χ1v) is 8.95. The zero-order chi connectivity index (χ0) is 21.0. The molecule has 9 nitrogen and oxygen atoms in total. The number of nitro benzene ring substituents is 1. The number of nitrogens with one attached hydrogen (secondary N) is 1. The summed E-state index contributed by atoms with van der Waals surface area (Å²) in [5.41, 5.74) is 3.52. The number of nitro groups is 1. The number of hydrogen-bond donors (Lipinski definition) is 1. The van der Waals surface area contributed by atoms with Crippen molar-refractivity contribution in [2.24, 2.45) is 0 Å². The van der Waals surface area contributed by atoms with Crippen molar-refractivity contribution in [1.82, 2.24) is 15.1 Å².